The van der Waals surface area contributed by atoms with Gasteiger partial charge in [0.15, 0.2) is 5.65 Å². The molecular weight excluding hydrogens is 347 g/mol. The number of nitrogens with two attached hydrogens (primary N) is 1. The first-order valence-electron chi connectivity index (χ1n) is 7.23. The third kappa shape index (κ3) is 3.25. The summed E-state index contributed by atoms with van der Waals surface area (Å²) >= 11 is 0. The van der Waals surface area contributed by atoms with E-state index in [1.807, 2.05) is 0 Å². The van der Waals surface area contributed by atoms with Gasteiger partial charge in [0, 0.05) is 23.4 Å². The smallest absolute Gasteiger partial charge is 0.366 e. The van der Waals surface area contributed by atoms with E-state index in [1.165, 1.54) is 24.4 Å². The molecule has 3 N–H and O–H groups in total. The molecule has 0 bridgehead atoms. The van der Waals surface area contributed by atoms with Crippen molar-refractivity contribution in [1.82, 2.24) is 15.0 Å². The predicted molar refractivity (Wildman–Crippen MR) is 87.3 cm³/mol. The Hall–Kier alpha value is -3.67. The maximum Gasteiger partial charge on any atom is 0.417 e. The average Bonchev–Trinajstić information content (AvgIpc) is 3.00. The van der Waals surface area contributed by atoms with Crippen LogP contribution >= 0.6 is 0 Å². The molecule has 0 aliphatic rings. The Balaban J connectivity index is 2.13. The molecule has 1 aromatic carbocycles. The van der Waals surface area contributed by atoms with Crippen molar-refractivity contribution in [3.8, 4) is 17.3 Å². The van der Waals surface area contributed by atoms with E-state index in [-0.39, 0.29) is 11.3 Å². The molecule has 0 saturated carbocycles. The van der Waals surface area contributed by atoms with Crippen molar-refractivity contribution in [3.63, 3.8) is 0 Å². The lowest BCUT2D eigenvalue weighted by molar-refractivity contribution is -0.137. The summed E-state index contributed by atoms with van der Waals surface area (Å²) in [5.74, 6) is -0.648. The zero-order valence-corrected chi connectivity index (χ0v) is 13.0. The number of carbonyl (C=O) groups excluding carboxylic acids is 1. The minimum Gasteiger partial charge on any atom is -0.366 e. The monoisotopic (exact) mass is 357 g/mol. The molecule has 0 fully saturated rings. The van der Waals surface area contributed by atoms with Crippen LogP contribution in [0, 0.1) is 11.3 Å². The second-order valence-electron chi connectivity index (χ2n) is 5.30. The highest BCUT2D eigenvalue weighted by Crippen LogP contribution is 2.34. The number of aromatic nitrogens is 3. The van der Waals surface area contributed by atoms with Gasteiger partial charge in [-0.15, -0.1) is 0 Å². The van der Waals surface area contributed by atoms with Gasteiger partial charge in [0.1, 0.15) is 5.52 Å². The molecule has 0 aliphatic heterocycles. The Morgan fingerprint density at radius 1 is 1.35 bits per heavy atom. The number of hydrogen-bond acceptors (Lipinski definition) is 4. The molecule has 0 saturated heterocycles. The zero-order valence-electron chi connectivity index (χ0n) is 13.0. The number of aromatic amines is 1. The molecule has 3 aromatic rings. The molecule has 26 heavy (non-hydrogen) atoms. The largest absolute Gasteiger partial charge is 0.417 e. The Morgan fingerprint density at radius 3 is 2.77 bits per heavy atom. The minimum absolute atomic E-state index is 0.164. The number of amides is 1. The van der Waals surface area contributed by atoms with E-state index in [0.717, 1.165) is 18.2 Å². The van der Waals surface area contributed by atoms with E-state index in [1.54, 1.807) is 6.20 Å². The van der Waals surface area contributed by atoms with Crippen molar-refractivity contribution < 1.29 is 18.0 Å². The molecule has 6 nitrogen and oxygen atoms in total. The van der Waals surface area contributed by atoms with Crippen molar-refractivity contribution in [2.24, 2.45) is 5.73 Å². The van der Waals surface area contributed by atoms with Crippen LogP contribution < -0.4 is 5.73 Å². The summed E-state index contributed by atoms with van der Waals surface area (Å²) < 4.78 is 39.4. The number of nitriles is 1. The van der Waals surface area contributed by atoms with Gasteiger partial charge in [-0.3, -0.25) is 4.79 Å². The first-order valence-corrected chi connectivity index (χ1v) is 7.23. The van der Waals surface area contributed by atoms with Gasteiger partial charge in [-0.25, -0.2) is 9.97 Å². The van der Waals surface area contributed by atoms with Crippen LogP contribution in [0.4, 0.5) is 13.2 Å². The minimum atomic E-state index is -4.66. The summed E-state index contributed by atoms with van der Waals surface area (Å²) in [7, 11) is 0. The Bertz CT molecular complexity index is 1080. The molecule has 0 radical (unpaired) electrons. The summed E-state index contributed by atoms with van der Waals surface area (Å²) in [6, 6.07) is 4.85. The number of halogens is 3. The van der Waals surface area contributed by atoms with Gasteiger partial charge in [0.05, 0.1) is 29.1 Å². The number of hydrogen-bond donors (Lipinski definition) is 2. The van der Waals surface area contributed by atoms with E-state index < -0.39 is 23.2 Å². The van der Waals surface area contributed by atoms with E-state index in [0.29, 0.717) is 16.7 Å². The van der Waals surface area contributed by atoms with Crippen LogP contribution in [-0.4, -0.2) is 20.9 Å². The van der Waals surface area contributed by atoms with Gasteiger partial charge in [-0.1, -0.05) is 6.07 Å². The third-order valence-corrected chi connectivity index (χ3v) is 3.58. The fourth-order valence-electron chi connectivity index (χ4n) is 2.38. The highest BCUT2D eigenvalue weighted by atomic mass is 19.4. The average molecular weight is 357 g/mol. The summed E-state index contributed by atoms with van der Waals surface area (Å²) in [4.78, 5) is 22.2. The van der Waals surface area contributed by atoms with Crippen molar-refractivity contribution in [2.75, 3.05) is 0 Å². The first-order chi connectivity index (χ1) is 12.3. The summed E-state index contributed by atoms with van der Waals surface area (Å²) in [5.41, 5.74) is 5.19. The molecule has 2 heterocycles. The standard InChI is InChI=1S/C17H10F3N5O/c18-17(19,20)12-5-9(1-2-10(12)6-21)13-8-24-16-15(25-13)11(7-23-16)3-4-14(22)26/h1-5,7-8H,(H2,22,26)(H,23,24)/b4-3+. The first kappa shape index (κ1) is 17.2. The fraction of sp³-hybridized carbons (Fsp3) is 0.0588. The highest BCUT2D eigenvalue weighted by molar-refractivity contribution is 5.93. The van der Waals surface area contributed by atoms with Crippen molar-refractivity contribution in [1.29, 1.82) is 5.26 Å². The lowest BCUT2D eigenvalue weighted by Gasteiger charge is -2.10. The maximum absolute atomic E-state index is 13.1. The number of rotatable bonds is 3. The number of nitrogens with one attached hydrogen (secondary N) is 1. The maximum atomic E-state index is 13.1. The number of benzene rings is 1. The Morgan fingerprint density at radius 2 is 2.12 bits per heavy atom. The lowest BCUT2D eigenvalue weighted by Crippen LogP contribution is -2.08. The summed E-state index contributed by atoms with van der Waals surface area (Å²) in [6.07, 6.45) is 0.776. The van der Waals surface area contributed by atoms with Gasteiger partial charge in [-0.2, -0.15) is 18.4 Å². The van der Waals surface area contributed by atoms with Gasteiger partial charge in [0.2, 0.25) is 5.91 Å². The van der Waals surface area contributed by atoms with Crippen LogP contribution in [0.1, 0.15) is 16.7 Å². The van der Waals surface area contributed by atoms with E-state index in [9.17, 15) is 18.0 Å². The normalized spacial score (nSPS) is 11.8. The highest BCUT2D eigenvalue weighted by Gasteiger charge is 2.34. The summed E-state index contributed by atoms with van der Waals surface area (Å²) in [6.45, 7) is 0. The fourth-order valence-corrected chi connectivity index (χ4v) is 2.38. The van der Waals surface area contributed by atoms with Crippen LogP contribution in [0.25, 0.3) is 28.5 Å². The summed E-state index contributed by atoms with van der Waals surface area (Å²) in [5, 5.41) is 8.87. The van der Waals surface area contributed by atoms with Crippen LogP contribution in [0.2, 0.25) is 0 Å². The van der Waals surface area contributed by atoms with E-state index >= 15 is 0 Å². The van der Waals surface area contributed by atoms with Crippen LogP contribution in [0.5, 0.6) is 0 Å². The molecule has 0 unspecified atom stereocenters. The number of primary amides is 1. The van der Waals surface area contributed by atoms with E-state index in [4.69, 9.17) is 11.0 Å². The van der Waals surface area contributed by atoms with Crippen molar-refractivity contribution in [3.05, 3.63) is 53.4 Å². The van der Waals surface area contributed by atoms with Gasteiger partial charge in [0.25, 0.3) is 0 Å². The third-order valence-electron chi connectivity index (χ3n) is 3.58. The predicted octanol–water partition coefficient (Wildman–Crippen LogP) is 3.01. The van der Waals surface area contributed by atoms with Crippen molar-refractivity contribution >= 4 is 23.1 Å². The molecule has 2 aromatic heterocycles. The van der Waals surface area contributed by atoms with Gasteiger partial charge in [-0.05, 0) is 18.2 Å². The molecule has 0 atom stereocenters. The second-order valence-corrected chi connectivity index (χ2v) is 5.30. The number of nitrogens with zero attached hydrogens (tertiary/aromatic N) is 3. The topological polar surface area (TPSA) is 108 Å². The number of carbonyl (C=O) groups is 1. The molecule has 3 rings (SSSR count). The van der Waals surface area contributed by atoms with Crippen LogP contribution in [0.15, 0.2) is 36.7 Å². The van der Waals surface area contributed by atoms with E-state index in [2.05, 4.69) is 15.0 Å². The molecule has 1 amide bonds. The Kier molecular flexibility index (Phi) is 4.18. The SMILES string of the molecule is N#Cc1ccc(-c2cnc3[nH]cc(/C=C/C(N)=O)c3n2)cc1C(F)(F)F. The van der Waals surface area contributed by atoms with Gasteiger partial charge < -0.3 is 10.7 Å². The number of H-pyrrole nitrogens is 1. The quantitative estimate of drug-likeness (QED) is 0.702. The number of alkyl halides is 3. The van der Waals surface area contributed by atoms with Gasteiger partial charge >= 0.3 is 6.18 Å². The van der Waals surface area contributed by atoms with Crippen LogP contribution in [-0.2, 0) is 11.0 Å². The number of fused-ring (bicyclic) bond motifs is 1. The molecule has 130 valence electrons. The molecular formula is C17H10F3N5O. The van der Waals surface area contributed by atoms with Crippen molar-refractivity contribution in [2.45, 2.75) is 6.18 Å². The second kappa shape index (κ2) is 6.33. The molecule has 0 aliphatic carbocycles. The zero-order chi connectivity index (χ0) is 18.9. The lowest BCUT2D eigenvalue weighted by atomic mass is 10.0. The molecule has 9 heteroatoms. The van der Waals surface area contributed by atoms with Crippen LogP contribution in [0.3, 0.4) is 0 Å². The Labute approximate surface area is 144 Å². The molecule has 0 spiro atoms.